The van der Waals surface area contributed by atoms with Gasteiger partial charge in [0.25, 0.3) is 0 Å². The van der Waals surface area contributed by atoms with E-state index >= 15 is 0 Å². The van der Waals surface area contributed by atoms with E-state index in [1.54, 1.807) is 24.0 Å². The Morgan fingerprint density at radius 2 is 1.67 bits per heavy atom. The number of hydrogen-bond acceptors (Lipinski definition) is 3. The first-order valence-electron chi connectivity index (χ1n) is 10.3. The lowest BCUT2D eigenvalue weighted by Crippen LogP contribution is -2.48. The molecule has 2 aromatic rings. The van der Waals surface area contributed by atoms with Gasteiger partial charge in [-0.15, -0.1) is 0 Å². The van der Waals surface area contributed by atoms with Gasteiger partial charge in [0, 0.05) is 19.7 Å². The van der Waals surface area contributed by atoms with Crippen LogP contribution in [0, 0.1) is 5.82 Å². The number of nitrogens with one attached hydrogen (secondary N) is 1. The third kappa shape index (κ3) is 7.95. The number of nitrogens with zero attached hydrogens (tertiary/aromatic N) is 1. The summed E-state index contributed by atoms with van der Waals surface area (Å²) in [5, 5.41) is 2.88. The number of hydrogen-bond donors (Lipinski definition) is 1. The molecule has 0 aliphatic carbocycles. The Labute approximate surface area is 178 Å². The molecule has 2 aromatic carbocycles. The Kier molecular flexibility index (Phi) is 9.48. The quantitative estimate of drug-likeness (QED) is 0.570. The van der Waals surface area contributed by atoms with Gasteiger partial charge in [-0.3, -0.25) is 9.59 Å². The van der Waals surface area contributed by atoms with E-state index < -0.39 is 6.04 Å². The lowest BCUT2D eigenvalue weighted by atomic mass is 10.1. The highest BCUT2D eigenvalue weighted by molar-refractivity contribution is 5.88. The van der Waals surface area contributed by atoms with E-state index in [2.05, 4.69) is 5.32 Å². The third-order valence-electron chi connectivity index (χ3n) is 4.70. The zero-order valence-electron chi connectivity index (χ0n) is 17.9. The van der Waals surface area contributed by atoms with Gasteiger partial charge in [0.1, 0.15) is 11.9 Å². The van der Waals surface area contributed by atoms with E-state index in [4.69, 9.17) is 4.74 Å². The third-order valence-corrected chi connectivity index (χ3v) is 4.70. The van der Waals surface area contributed by atoms with Gasteiger partial charge < -0.3 is 15.0 Å². The molecule has 0 aromatic heterocycles. The molecule has 1 atom stereocenters. The van der Waals surface area contributed by atoms with E-state index in [0.29, 0.717) is 19.6 Å². The normalized spacial score (nSPS) is 11.9. The Bertz CT molecular complexity index is 794. The molecule has 6 heteroatoms. The van der Waals surface area contributed by atoms with E-state index in [0.717, 1.165) is 11.1 Å². The molecule has 1 N–H and O–H groups in total. The lowest BCUT2D eigenvalue weighted by molar-refractivity contribution is -0.140. The minimum atomic E-state index is -0.655. The second-order valence-electron chi connectivity index (χ2n) is 7.55. The summed E-state index contributed by atoms with van der Waals surface area (Å²) in [5.41, 5.74) is 1.65. The molecule has 0 heterocycles. The molecule has 0 saturated carbocycles. The summed E-state index contributed by atoms with van der Waals surface area (Å²) < 4.78 is 18.7. The summed E-state index contributed by atoms with van der Waals surface area (Å²) in [6.45, 7) is 6.92. The second-order valence-corrected chi connectivity index (χ2v) is 7.55. The molecule has 0 saturated heterocycles. The smallest absolute Gasteiger partial charge is 0.242 e. The molecular formula is C24H31FN2O3. The van der Waals surface area contributed by atoms with Crippen LogP contribution >= 0.6 is 0 Å². The van der Waals surface area contributed by atoms with Gasteiger partial charge in [-0.2, -0.15) is 0 Å². The fourth-order valence-electron chi connectivity index (χ4n) is 2.99. The van der Waals surface area contributed by atoms with E-state index in [9.17, 15) is 14.0 Å². The molecule has 1 unspecified atom stereocenters. The Morgan fingerprint density at radius 3 is 2.30 bits per heavy atom. The van der Waals surface area contributed by atoms with Crippen LogP contribution < -0.4 is 5.32 Å². The number of halogens is 1. The summed E-state index contributed by atoms with van der Waals surface area (Å²) >= 11 is 0. The van der Waals surface area contributed by atoms with Gasteiger partial charge in [-0.25, -0.2) is 4.39 Å². The van der Waals surface area contributed by atoms with Gasteiger partial charge in [0.15, 0.2) is 0 Å². The molecular weight excluding hydrogens is 383 g/mol. The number of carbonyl (C=O) groups excluding carboxylic acids is 2. The number of carbonyl (C=O) groups is 2. The first-order chi connectivity index (χ1) is 14.4. The highest BCUT2D eigenvalue weighted by atomic mass is 19.1. The van der Waals surface area contributed by atoms with Crippen molar-refractivity contribution in [3.8, 4) is 0 Å². The van der Waals surface area contributed by atoms with Crippen molar-refractivity contribution < 1.29 is 18.7 Å². The molecule has 2 amide bonds. The highest BCUT2D eigenvalue weighted by Gasteiger charge is 2.26. The minimum absolute atomic E-state index is 0.154. The predicted molar refractivity (Wildman–Crippen MR) is 115 cm³/mol. The van der Waals surface area contributed by atoms with E-state index in [1.165, 1.54) is 12.1 Å². The van der Waals surface area contributed by atoms with Crippen molar-refractivity contribution in [2.24, 2.45) is 0 Å². The fraction of sp³-hybridized carbons (Fsp3) is 0.417. The van der Waals surface area contributed by atoms with Crippen LogP contribution in [0.4, 0.5) is 4.39 Å². The Morgan fingerprint density at radius 1 is 1.00 bits per heavy atom. The summed E-state index contributed by atoms with van der Waals surface area (Å²) in [5.74, 6) is -0.713. The second kappa shape index (κ2) is 12.1. The van der Waals surface area contributed by atoms with Gasteiger partial charge in [0.2, 0.25) is 11.8 Å². The molecule has 0 spiro atoms. The zero-order valence-corrected chi connectivity index (χ0v) is 17.9. The van der Waals surface area contributed by atoms with Crippen molar-refractivity contribution in [3.05, 3.63) is 71.5 Å². The fourth-order valence-corrected chi connectivity index (χ4v) is 2.99. The highest BCUT2D eigenvalue weighted by Crippen LogP contribution is 2.13. The van der Waals surface area contributed by atoms with Crippen molar-refractivity contribution >= 4 is 11.8 Å². The lowest BCUT2D eigenvalue weighted by Gasteiger charge is -2.29. The standard InChI is InChI=1S/C24H31FN2O3/c1-18(2)30-15-7-14-26-24(29)19(3)27(17-21-10-12-22(25)13-11-21)23(28)16-20-8-5-4-6-9-20/h4-6,8-13,18-19H,7,14-17H2,1-3H3,(H,26,29). The van der Waals surface area contributed by atoms with Crippen molar-refractivity contribution in [2.75, 3.05) is 13.2 Å². The average Bonchev–Trinajstić information content (AvgIpc) is 2.73. The van der Waals surface area contributed by atoms with Crippen LogP contribution in [0.2, 0.25) is 0 Å². The van der Waals surface area contributed by atoms with Crippen LogP contribution in [0.1, 0.15) is 38.3 Å². The van der Waals surface area contributed by atoms with E-state index in [-0.39, 0.29) is 36.7 Å². The minimum Gasteiger partial charge on any atom is -0.379 e. The Hall–Kier alpha value is -2.73. The van der Waals surface area contributed by atoms with Crippen molar-refractivity contribution in [1.82, 2.24) is 10.2 Å². The maximum Gasteiger partial charge on any atom is 0.242 e. The molecule has 162 valence electrons. The largest absolute Gasteiger partial charge is 0.379 e. The molecule has 0 bridgehead atoms. The molecule has 0 aliphatic rings. The monoisotopic (exact) mass is 414 g/mol. The average molecular weight is 415 g/mol. The molecule has 2 rings (SSSR count). The Balaban J connectivity index is 2.04. The van der Waals surface area contributed by atoms with Crippen LogP contribution in [0.5, 0.6) is 0 Å². The predicted octanol–water partition coefficient (Wildman–Crippen LogP) is 3.72. The number of ether oxygens (including phenoxy) is 1. The van der Waals surface area contributed by atoms with Crippen LogP contribution in [0.25, 0.3) is 0 Å². The van der Waals surface area contributed by atoms with Gasteiger partial charge in [0.05, 0.1) is 12.5 Å². The van der Waals surface area contributed by atoms with Crippen molar-refractivity contribution in [2.45, 2.75) is 52.3 Å². The first-order valence-corrected chi connectivity index (χ1v) is 10.3. The molecule has 0 fully saturated rings. The van der Waals surface area contributed by atoms with Gasteiger partial charge >= 0.3 is 0 Å². The van der Waals surface area contributed by atoms with E-state index in [1.807, 2.05) is 44.2 Å². The van der Waals surface area contributed by atoms with Crippen LogP contribution in [-0.4, -0.2) is 42.0 Å². The number of benzene rings is 2. The maximum atomic E-state index is 13.3. The van der Waals surface area contributed by atoms with Crippen LogP contribution in [-0.2, 0) is 27.3 Å². The SMILES string of the molecule is CC(C)OCCCNC(=O)C(C)N(Cc1ccc(F)cc1)C(=O)Cc1ccccc1. The number of rotatable bonds is 11. The summed E-state index contributed by atoms with van der Waals surface area (Å²) in [4.78, 5) is 27.3. The first kappa shape index (κ1) is 23.5. The van der Waals surface area contributed by atoms with Gasteiger partial charge in [-0.1, -0.05) is 42.5 Å². The maximum absolute atomic E-state index is 13.3. The van der Waals surface area contributed by atoms with Crippen molar-refractivity contribution in [1.29, 1.82) is 0 Å². The number of amides is 2. The molecule has 5 nitrogen and oxygen atoms in total. The topological polar surface area (TPSA) is 58.6 Å². The summed E-state index contributed by atoms with van der Waals surface area (Å²) in [7, 11) is 0. The summed E-state index contributed by atoms with van der Waals surface area (Å²) in [6.07, 6.45) is 1.05. The molecule has 0 radical (unpaired) electrons. The van der Waals surface area contributed by atoms with Gasteiger partial charge in [-0.05, 0) is 50.5 Å². The van der Waals surface area contributed by atoms with Crippen molar-refractivity contribution in [3.63, 3.8) is 0 Å². The molecule has 30 heavy (non-hydrogen) atoms. The van der Waals surface area contributed by atoms with Crippen LogP contribution in [0.3, 0.4) is 0 Å². The summed E-state index contributed by atoms with van der Waals surface area (Å²) in [6, 6.07) is 14.7. The van der Waals surface area contributed by atoms with Crippen LogP contribution in [0.15, 0.2) is 54.6 Å². The molecule has 0 aliphatic heterocycles. The zero-order chi connectivity index (χ0) is 21.9.